The zero-order chi connectivity index (χ0) is 21.3. The summed E-state index contributed by atoms with van der Waals surface area (Å²) in [5, 5.41) is 6.09. The van der Waals surface area contributed by atoms with Crippen LogP contribution in [0.3, 0.4) is 0 Å². The highest BCUT2D eigenvalue weighted by Gasteiger charge is 2.38. The van der Waals surface area contributed by atoms with Gasteiger partial charge >= 0.3 is 0 Å². The molecule has 3 heterocycles. The number of ether oxygens (including phenoxy) is 1. The van der Waals surface area contributed by atoms with E-state index in [1.54, 1.807) is 28.6 Å². The first-order valence-corrected chi connectivity index (χ1v) is 12.0. The molecule has 1 fully saturated rings. The van der Waals surface area contributed by atoms with Crippen molar-refractivity contribution in [1.82, 2.24) is 14.3 Å². The molecule has 1 atom stereocenters. The fourth-order valence-corrected chi connectivity index (χ4v) is 6.29. The molecule has 4 rings (SSSR count). The molecule has 1 aliphatic heterocycles. The molecule has 0 radical (unpaired) electrons. The molecule has 0 unspecified atom stereocenters. The lowest BCUT2D eigenvalue weighted by Gasteiger charge is -2.25. The number of methoxy groups -OCH3 is 1. The molecule has 0 amide bonds. The Bertz CT molecular complexity index is 1160. The molecule has 0 saturated carbocycles. The largest absolute Gasteiger partial charge is 0.495 e. The van der Waals surface area contributed by atoms with E-state index in [0.717, 1.165) is 40.7 Å². The van der Waals surface area contributed by atoms with Crippen molar-refractivity contribution < 1.29 is 13.2 Å². The average Bonchev–Trinajstić information content (AvgIpc) is 3.37. The summed E-state index contributed by atoms with van der Waals surface area (Å²) in [5.41, 5.74) is 3.37. The highest BCUT2D eigenvalue weighted by Crippen LogP contribution is 2.39. The molecule has 1 N–H and O–H groups in total. The normalized spacial score (nSPS) is 17.2. The van der Waals surface area contributed by atoms with E-state index in [4.69, 9.17) is 4.74 Å². The minimum absolute atomic E-state index is 0.184. The van der Waals surface area contributed by atoms with Gasteiger partial charge in [-0.05, 0) is 51.0 Å². The van der Waals surface area contributed by atoms with Crippen molar-refractivity contribution >= 4 is 32.2 Å². The van der Waals surface area contributed by atoms with Crippen molar-refractivity contribution in [3.05, 3.63) is 58.9 Å². The fourth-order valence-electron chi connectivity index (χ4n) is 3.75. The second kappa shape index (κ2) is 8.33. The van der Waals surface area contributed by atoms with Crippen LogP contribution in [0.4, 0.5) is 10.8 Å². The van der Waals surface area contributed by atoms with E-state index >= 15 is 0 Å². The minimum atomic E-state index is -3.72. The van der Waals surface area contributed by atoms with Crippen LogP contribution < -0.4 is 10.1 Å². The molecule has 3 aromatic rings. The van der Waals surface area contributed by atoms with Gasteiger partial charge in [-0.3, -0.25) is 4.98 Å². The van der Waals surface area contributed by atoms with Gasteiger partial charge in [-0.25, -0.2) is 13.4 Å². The second-order valence-corrected chi connectivity index (χ2v) is 9.98. The van der Waals surface area contributed by atoms with Crippen LogP contribution in [-0.4, -0.2) is 36.3 Å². The summed E-state index contributed by atoms with van der Waals surface area (Å²) in [6.45, 7) is 4.31. The van der Waals surface area contributed by atoms with Gasteiger partial charge in [-0.1, -0.05) is 12.1 Å². The Morgan fingerprint density at radius 3 is 2.70 bits per heavy atom. The van der Waals surface area contributed by atoms with Crippen molar-refractivity contribution in [2.24, 2.45) is 0 Å². The van der Waals surface area contributed by atoms with Gasteiger partial charge in [0.2, 0.25) is 10.0 Å². The van der Waals surface area contributed by atoms with E-state index in [-0.39, 0.29) is 10.9 Å². The number of rotatable bonds is 6. The van der Waals surface area contributed by atoms with Gasteiger partial charge in [0.05, 0.1) is 24.5 Å². The summed E-state index contributed by atoms with van der Waals surface area (Å²) >= 11 is 1.53. The van der Waals surface area contributed by atoms with Gasteiger partial charge < -0.3 is 10.1 Å². The molecule has 7 nitrogen and oxygen atoms in total. The Kier molecular flexibility index (Phi) is 5.77. The summed E-state index contributed by atoms with van der Waals surface area (Å²) in [7, 11) is -2.24. The molecule has 0 bridgehead atoms. The molecule has 1 saturated heterocycles. The number of nitrogens with one attached hydrogen (secondary N) is 1. The van der Waals surface area contributed by atoms with Gasteiger partial charge in [0.25, 0.3) is 0 Å². The van der Waals surface area contributed by atoms with Crippen molar-refractivity contribution in [3.63, 3.8) is 0 Å². The first-order valence-electron chi connectivity index (χ1n) is 9.71. The maximum atomic E-state index is 13.5. The van der Waals surface area contributed by atoms with Crippen LogP contribution in [0.5, 0.6) is 5.75 Å². The van der Waals surface area contributed by atoms with Gasteiger partial charge in [0.1, 0.15) is 10.6 Å². The van der Waals surface area contributed by atoms with Gasteiger partial charge in [0, 0.05) is 23.3 Å². The predicted octanol–water partition coefficient (Wildman–Crippen LogP) is 4.43. The predicted molar refractivity (Wildman–Crippen MR) is 118 cm³/mol. The third-order valence-corrected chi connectivity index (χ3v) is 7.87. The molecule has 1 aliphatic rings. The van der Waals surface area contributed by atoms with Crippen LogP contribution in [0.25, 0.3) is 0 Å². The summed E-state index contributed by atoms with van der Waals surface area (Å²) in [5.74, 6) is 0.349. The van der Waals surface area contributed by atoms with Crippen molar-refractivity contribution in [2.45, 2.75) is 37.6 Å². The fraction of sp³-hybridized carbons (Fsp3) is 0.333. The number of hydrogen-bond acceptors (Lipinski definition) is 7. The highest BCUT2D eigenvalue weighted by molar-refractivity contribution is 7.89. The maximum Gasteiger partial charge on any atom is 0.247 e. The van der Waals surface area contributed by atoms with Crippen molar-refractivity contribution in [1.29, 1.82) is 0 Å². The number of nitrogens with zero attached hydrogens (tertiary/aromatic N) is 3. The summed E-state index contributed by atoms with van der Waals surface area (Å²) in [6, 6.07) is 10.3. The minimum Gasteiger partial charge on any atom is -0.495 e. The van der Waals surface area contributed by atoms with E-state index in [0.29, 0.717) is 12.3 Å². The van der Waals surface area contributed by atoms with Crippen LogP contribution >= 0.6 is 11.3 Å². The third-order valence-electron chi connectivity index (χ3n) is 5.04. The lowest BCUT2D eigenvalue weighted by atomic mass is 10.1. The van der Waals surface area contributed by atoms with Gasteiger partial charge in [-0.15, -0.1) is 11.3 Å². The van der Waals surface area contributed by atoms with E-state index < -0.39 is 10.0 Å². The van der Waals surface area contributed by atoms with Crippen LogP contribution in [0.1, 0.15) is 36.0 Å². The Balaban J connectivity index is 1.68. The van der Waals surface area contributed by atoms with Gasteiger partial charge in [0.15, 0.2) is 5.13 Å². The monoisotopic (exact) mass is 444 g/mol. The topological polar surface area (TPSA) is 84.4 Å². The molecule has 158 valence electrons. The van der Waals surface area contributed by atoms with Crippen LogP contribution in [0.2, 0.25) is 0 Å². The molecule has 9 heteroatoms. The lowest BCUT2D eigenvalue weighted by Crippen LogP contribution is -2.31. The molecule has 1 aromatic carbocycles. The standard InChI is InChI=1S/C21H24N4O3S2/c1-14-11-16(24-21-23-15(2)13-29-21)12-17(22-14)18-7-6-10-25(18)30(26,27)20-9-5-4-8-19(20)28-3/h4-5,8-9,11-13,18H,6-7,10H2,1-3H3,(H,22,23,24)/t18-/m1/s1. The van der Waals surface area contributed by atoms with Crippen molar-refractivity contribution in [3.8, 4) is 5.75 Å². The number of pyridine rings is 1. The zero-order valence-electron chi connectivity index (χ0n) is 17.1. The number of thiazole rings is 1. The van der Waals surface area contributed by atoms with Crippen LogP contribution in [0.15, 0.2) is 46.7 Å². The summed E-state index contributed by atoms with van der Waals surface area (Å²) in [4.78, 5) is 9.29. The number of aromatic nitrogens is 2. The number of sulfonamides is 1. The molecule has 30 heavy (non-hydrogen) atoms. The number of hydrogen-bond donors (Lipinski definition) is 1. The molecule has 2 aromatic heterocycles. The van der Waals surface area contributed by atoms with E-state index in [9.17, 15) is 8.42 Å². The van der Waals surface area contributed by atoms with Crippen molar-refractivity contribution in [2.75, 3.05) is 19.0 Å². The van der Waals surface area contributed by atoms with Gasteiger partial charge in [-0.2, -0.15) is 4.31 Å². The molecular formula is C21H24N4O3S2. The maximum absolute atomic E-state index is 13.5. The quantitative estimate of drug-likeness (QED) is 0.605. The first kappa shape index (κ1) is 20.8. The number of anilines is 2. The summed E-state index contributed by atoms with van der Waals surface area (Å²) in [6.07, 6.45) is 1.50. The Labute approximate surface area is 180 Å². The Morgan fingerprint density at radius 1 is 1.17 bits per heavy atom. The zero-order valence-corrected chi connectivity index (χ0v) is 18.8. The Hall–Kier alpha value is -2.49. The van der Waals surface area contributed by atoms with Crippen LogP contribution in [-0.2, 0) is 10.0 Å². The number of benzene rings is 1. The van der Waals surface area contributed by atoms with E-state index in [1.165, 1.54) is 18.4 Å². The smallest absolute Gasteiger partial charge is 0.247 e. The summed E-state index contributed by atoms with van der Waals surface area (Å²) < 4.78 is 33.8. The third kappa shape index (κ3) is 4.05. The molecule has 0 spiro atoms. The second-order valence-electron chi connectivity index (χ2n) is 7.27. The highest BCUT2D eigenvalue weighted by atomic mass is 32.2. The number of aryl methyl sites for hydroxylation is 2. The first-order chi connectivity index (χ1) is 14.4. The van der Waals surface area contributed by atoms with E-state index in [2.05, 4.69) is 15.3 Å². The van der Waals surface area contributed by atoms with E-state index in [1.807, 2.05) is 31.4 Å². The molecular weight excluding hydrogens is 420 g/mol. The Morgan fingerprint density at radius 2 is 1.97 bits per heavy atom. The molecule has 0 aliphatic carbocycles. The SMILES string of the molecule is COc1ccccc1S(=O)(=O)N1CCC[C@@H]1c1cc(Nc2nc(C)cs2)cc(C)n1. The van der Waals surface area contributed by atoms with Crippen LogP contribution in [0, 0.1) is 13.8 Å². The number of para-hydroxylation sites is 1. The lowest BCUT2D eigenvalue weighted by molar-refractivity contribution is 0.377. The average molecular weight is 445 g/mol.